The second-order valence-electron chi connectivity index (χ2n) is 13.8. The van der Waals surface area contributed by atoms with Crippen LogP contribution in [0.3, 0.4) is 0 Å². The summed E-state index contributed by atoms with van der Waals surface area (Å²) >= 11 is 0. The smallest absolute Gasteiger partial charge is 0.160 e. The fourth-order valence-corrected chi connectivity index (χ4v) is 7.73. The standard InChI is InChI=1S/C52H34N2/c1-2-13-40(14-3-1)51-50-48-21-7-5-12-39(48)31-32-49(50)53-52(54-51)41-29-27-36(28-30-41)35-23-25-37(26-24-35)42-16-8-17-43(33-42)44-18-9-19-45(34-44)47-22-10-15-38-11-4-6-20-46(38)47/h1-34H. The largest absolute Gasteiger partial charge is 0.228 e. The van der Waals surface area contributed by atoms with E-state index < -0.39 is 0 Å². The molecular formula is C52H34N2. The van der Waals surface area contributed by atoms with Gasteiger partial charge in [-0.2, -0.15) is 0 Å². The van der Waals surface area contributed by atoms with Crippen molar-refractivity contribution in [2.24, 2.45) is 0 Å². The molecule has 0 saturated heterocycles. The number of aromatic nitrogens is 2. The van der Waals surface area contributed by atoms with Crippen LogP contribution in [-0.4, -0.2) is 9.97 Å². The van der Waals surface area contributed by atoms with Crippen LogP contribution in [0.25, 0.3) is 99.6 Å². The van der Waals surface area contributed by atoms with Gasteiger partial charge in [-0.1, -0.05) is 188 Å². The maximum Gasteiger partial charge on any atom is 0.160 e. The lowest BCUT2D eigenvalue weighted by Crippen LogP contribution is -1.96. The monoisotopic (exact) mass is 686 g/mol. The van der Waals surface area contributed by atoms with Crippen LogP contribution in [0.1, 0.15) is 0 Å². The Balaban J connectivity index is 0.936. The number of hydrogen-bond donors (Lipinski definition) is 0. The van der Waals surface area contributed by atoms with E-state index in [0.29, 0.717) is 0 Å². The molecule has 1 aromatic heterocycles. The second-order valence-corrected chi connectivity index (χ2v) is 13.8. The number of benzene rings is 9. The molecule has 0 atom stereocenters. The van der Waals surface area contributed by atoms with E-state index in [2.05, 4.69) is 200 Å². The third-order valence-corrected chi connectivity index (χ3v) is 10.5. The number of rotatable bonds is 6. The Kier molecular flexibility index (Phi) is 7.85. The molecule has 0 aliphatic heterocycles. The minimum Gasteiger partial charge on any atom is -0.228 e. The van der Waals surface area contributed by atoms with Gasteiger partial charge >= 0.3 is 0 Å². The van der Waals surface area contributed by atoms with Crippen molar-refractivity contribution in [2.45, 2.75) is 0 Å². The van der Waals surface area contributed by atoms with Crippen molar-refractivity contribution in [3.8, 4) is 67.2 Å². The fourth-order valence-electron chi connectivity index (χ4n) is 7.73. The Morgan fingerprint density at radius 3 is 1.46 bits per heavy atom. The summed E-state index contributed by atoms with van der Waals surface area (Å²) in [5.41, 5.74) is 13.6. The highest BCUT2D eigenvalue weighted by Crippen LogP contribution is 2.36. The molecular weight excluding hydrogens is 653 g/mol. The number of fused-ring (bicyclic) bond motifs is 4. The van der Waals surface area contributed by atoms with Crippen LogP contribution in [0.2, 0.25) is 0 Å². The minimum atomic E-state index is 0.723. The predicted octanol–water partition coefficient (Wildman–Crippen LogP) is 13.9. The van der Waals surface area contributed by atoms with Gasteiger partial charge in [0.2, 0.25) is 0 Å². The molecule has 0 aliphatic rings. The van der Waals surface area contributed by atoms with Crippen LogP contribution >= 0.6 is 0 Å². The molecule has 10 aromatic rings. The Morgan fingerprint density at radius 2 is 0.759 bits per heavy atom. The van der Waals surface area contributed by atoms with E-state index in [1.54, 1.807) is 0 Å². The second kappa shape index (κ2) is 13.4. The van der Waals surface area contributed by atoms with Gasteiger partial charge in [0.25, 0.3) is 0 Å². The first-order valence-electron chi connectivity index (χ1n) is 18.4. The Morgan fingerprint density at radius 1 is 0.278 bits per heavy atom. The summed E-state index contributed by atoms with van der Waals surface area (Å²) in [6.45, 7) is 0. The van der Waals surface area contributed by atoms with Gasteiger partial charge in [-0.3, -0.25) is 0 Å². The van der Waals surface area contributed by atoms with E-state index in [-0.39, 0.29) is 0 Å². The van der Waals surface area contributed by atoms with Crippen LogP contribution in [0.5, 0.6) is 0 Å². The highest BCUT2D eigenvalue weighted by atomic mass is 14.9. The quantitative estimate of drug-likeness (QED) is 0.163. The molecule has 0 unspecified atom stereocenters. The summed E-state index contributed by atoms with van der Waals surface area (Å²) in [5, 5.41) is 5.96. The van der Waals surface area contributed by atoms with Crippen LogP contribution in [0.4, 0.5) is 0 Å². The molecule has 0 amide bonds. The zero-order valence-corrected chi connectivity index (χ0v) is 29.5. The Hall–Kier alpha value is -7.16. The zero-order valence-electron chi connectivity index (χ0n) is 29.5. The van der Waals surface area contributed by atoms with Gasteiger partial charge in [0.15, 0.2) is 5.82 Å². The average molecular weight is 687 g/mol. The normalized spacial score (nSPS) is 11.3. The van der Waals surface area contributed by atoms with Crippen LogP contribution in [0.15, 0.2) is 206 Å². The lowest BCUT2D eigenvalue weighted by Gasteiger charge is -2.12. The third-order valence-electron chi connectivity index (χ3n) is 10.5. The summed E-state index contributed by atoms with van der Waals surface area (Å²) in [7, 11) is 0. The molecule has 0 bridgehead atoms. The zero-order chi connectivity index (χ0) is 35.8. The highest BCUT2D eigenvalue weighted by molar-refractivity contribution is 6.12. The molecule has 0 saturated carbocycles. The lowest BCUT2D eigenvalue weighted by molar-refractivity contribution is 1.23. The van der Waals surface area contributed by atoms with Crippen molar-refractivity contribution in [1.82, 2.24) is 9.97 Å². The Labute approximate surface area is 314 Å². The van der Waals surface area contributed by atoms with E-state index >= 15 is 0 Å². The van der Waals surface area contributed by atoms with E-state index in [0.717, 1.165) is 44.5 Å². The van der Waals surface area contributed by atoms with E-state index in [9.17, 15) is 0 Å². The number of hydrogen-bond acceptors (Lipinski definition) is 2. The van der Waals surface area contributed by atoms with Crippen molar-refractivity contribution in [1.29, 1.82) is 0 Å². The molecule has 1 heterocycles. The molecule has 0 spiro atoms. The maximum absolute atomic E-state index is 5.19. The molecule has 0 N–H and O–H groups in total. The molecule has 9 aromatic carbocycles. The van der Waals surface area contributed by atoms with Gasteiger partial charge in [-0.05, 0) is 84.3 Å². The topological polar surface area (TPSA) is 25.8 Å². The molecule has 54 heavy (non-hydrogen) atoms. The van der Waals surface area contributed by atoms with Crippen LogP contribution in [0, 0.1) is 0 Å². The molecule has 0 aliphatic carbocycles. The highest BCUT2D eigenvalue weighted by Gasteiger charge is 2.15. The van der Waals surface area contributed by atoms with E-state index in [1.807, 2.05) is 6.07 Å². The molecule has 2 heteroatoms. The summed E-state index contributed by atoms with van der Waals surface area (Å²) in [6, 6.07) is 73.5. The fraction of sp³-hybridized carbons (Fsp3) is 0. The SMILES string of the molecule is c1ccc(-c2nc(-c3ccc(-c4ccc(-c5cccc(-c6cccc(-c7cccc8ccccc78)c6)c5)cc4)cc3)nc3ccc4ccccc4c23)cc1. The Bertz CT molecular complexity index is 2960. The van der Waals surface area contributed by atoms with Gasteiger partial charge in [-0.25, -0.2) is 9.97 Å². The first-order valence-corrected chi connectivity index (χ1v) is 18.4. The molecule has 10 rings (SSSR count). The van der Waals surface area contributed by atoms with E-state index in [1.165, 1.54) is 55.1 Å². The van der Waals surface area contributed by atoms with Gasteiger partial charge in [0.05, 0.1) is 11.2 Å². The average Bonchev–Trinajstić information content (AvgIpc) is 3.26. The third kappa shape index (κ3) is 5.81. The summed E-state index contributed by atoms with van der Waals surface area (Å²) < 4.78 is 0. The predicted molar refractivity (Wildman–Crippen MR) is 227 cm³/mol. The summed E-state index contributed by atoms with van der Waals surface area (Å²) in [6.07, 6.45) is 0. The van der Waals surface area contributed by atoms with Gasteiger partial charge in [0.1, 0.15) is 0 Å². The van der Waals surface area contributed by atoms with Gasteiger partial charge < -0.3 is 0 Å². The number of nitrogens with zero attached hydrogens (tertiary/aromatic N) is 2. The maximum atomic E-state index is 5.19. The van der Waals surface area contributed by atoms with E-state index in [4.69, 9.17) is 9.97 Å². The van der Waals surface area contributed by atoms with Crippen molar-refractivity contribution in [3.63, 3.8) is 0 Å². The summed E-state index contributed by atoms with van der Waals surface area (Å²) in [4.78, 5) is 10.3. The van der Waals surface area contributed by atoms with Crippen molar-refractivity contribution < 1.29 is 0 Å². The van der Waals surface area contributed by atoms with Crippen molar-refractivity contribution in [2.75, 3.05) is 0 Å². The first kappa shape index (κ1) is 31.6. The molecule has 252 valence electrons. The van der Waals surface area contributed by atoms with Crippen LogP contribution in [-0.2, 0) is 0 Å². The summed E-state index contributed by atoms with van der Waals surface area (Å²) in [5.74, 6) is 0.723. The first-order chi connectivity index (χ1) is 26.7. The van der Waals surface area contributed by atoms with Gasteiger partial charge in [-0.15, -0.1) is 0 Å². The molecule has 2 nitrogen and oxygen atoms in total. The minimum absolute atomic E-state index is 0.723. The van der Waals surface area contributed by atoms with Crippen molar-refractivity contribution in [3.05, 3.63) is 206 Å². The molecule has 0 fully saturated rings. The van der Waals surface area contributed by atoms with Crippen molar-refractivity contribution >= 4 is 32.4 Å². The van der Waals surface area contributed by atoms with Gasteiger partial charge in [0, 0.05) is 16.5 Å². The van der Waals surface area contributed by atoms with Crippen LogP contribution < -0.4 is 0 Å². The molecule has 0 radical (unpaired) electrons. The lowest BCUT2D eigenvalue weighted by atomic mass is 9.93.